The van der Waals surface area contributed by atoms with Gasteiger partial charge in [-0.2, -0.15) is 4.72 Å². The van der Waals surface area contributed by atoms with Gasteiger partial charge in [-0.15, -0.1) is 0 Å². The molecule has 0 bridgehead atoms. The van der Waals surface area contributed by atoms with Crippen molar-refractivity contribution < 1.29 is 22.7 Å². The number of sulfonamides is 1. The van der Waals surface area contributed by atoms with E-state index >= 15 is 0 Å². The van der Waals surface area contributed by atoms with Gasteiger partial charge in [-0.1, -0.05) is 23.7 Å². The number of halogens is 1. The van der Waals surface area contributed by atoms with E-state index in [9.17, 15) is 13.2 Å². The molecule has 3 rings (SSSR count). The van der Waals surface area contributed by atoms with Crippen molar-refractivity contribution in [2.75, 3.05) is 6.79 Å². The normalized spacial score (nSPS) is 14.1. The Morgan fingerprint density at radius 3 is 2.73 bits per heavy atom. The Kier molecular flexibility index (Phi) is 5.36. The summed E-state index contributed by atoms with van der Waals surface area (Å²) in [6, 6.07) is 10.2. The second-order valence-electron chi connectivity index (χ2n) is 5.71. The third-order valence-corrected chi connectivity index (χ3v) is 5.51. The zero-order valence-corrected chi connectivity index (χ0v) is 15.4. The number of benzene rings is 2. The third kappa shape index (κ3) is 4.27. The number of carbonyl (C=O) groups is 1. The number of amides is 1. The average molecular weight is 397 g/mol. The molecule has 9 heteroatoms. The Balaban J connectivity index is 1.59. The summed E-state index contributed by atoms with van der Waals surface area (Å²) in [5.41, 5.74) is 0.812. The molecule has 0 aromatic heterocycles. The van der Waals surface area contributed by atoms with Crippen molar-refractivity contribution in [2.45, 2.75) is 24.4 Å². The molecular formula is C17H17ClN2O5S. The molecule has 2 N–H and O–H groups in total. The predicted molar refractivity (Wildman–Crippen MR) is 95.6 cm³/mol. The van der Waals surface area contributed by atoms with Crippen molar-refractivity contribution in [3.63, 3.8) is 0 Å². The van der Waals surface area contributed by atoms with E-state index in [-0.39, 0.29) is 18.2 Å². The van der Waals surface area contributed by atoms with Crippen LogP contribution in [0.3, 0.4) is 0 Å². The van der Waals surface area contributed by atoms with Crippen molar-refractivity contribution >= 4 is 27.5 Å². The van der Waals surface area contributed by atoms with E-state index in [1.165, 1.54) is 25.1 Å². The summed E-state index contributed by atoms with van der Waals surface area (Å²) in [4.78, 5) is 12.2. The van der Waals surface area contributed by atoms with Crippen LogP contribution >= 0.6 is 11.6 Å². The Morgan fingerprint density at radius 2 is 1.96 bits per heavy atom. The van der Waals surface area contributed by atoms with Crippen LogP contribution in [-0.4, -0.2) is 27.2 Å². The molecule has 26 heavy (non-hydrogen) atoms. The largest absolute Gasteiger partial charge is 0.454 e. The van der Waals surface area contributed by atoms with Gasteiger partial charge < -0.3 is 14.8 Å². The Hall–Kier alpha value is -2.29. The number of rotatable bonds is 6. The van der Waals surface area contributed by atoms with Crippen LogP contribution in [0, 0.1) is 0 Å². The first kappa shape index (κ1) is 18.5. The van der Waals surface area contributed by atoms with Gasteiger partial charge >= 0.3 is 0 Å². The predicted octanol–water partition coefficient (Wildman–Crippen LogP) is 2.05. The smallest absolute Gasteiger partial charge is 0.241 e. The fraction of sp³-hybridized carbons (Fsp3) is 0.235. The standard InChI is InChI=1S/C17H17ClN2O5S/c1-11(20-26(22,23)14-4-2-3-13(18)8-14)17(21)19-9-12-5-6-15-16(7-12)25-10-24-15/h2-8,11,20H,9-10H2,1H3,(H,19,21)/t11-/m1/s1. The Bertz CT molecular complexity index is 933. The van der Waals surface area contributed by atoms with Crippen LogP contribution in [0.15, 0.2) is 47.4 Å². The van der Waals surface area contributed by atoms with Crippen molar-refractivity contribution in [3.05, 3.63) is 53.1 Å². The lowest BCUT2D eigenvalue weighted by molar-refractivity contribution is -0.122. The first-order chi connectivity index (χ1) is 12.3. The number of fused-ring (bicyclic) bond motifs is 1. The summed E-state index contributed by atoms with van der Waals surface area (Å²) in [7, 11) is -3.85. The second-order valence-corrected chi connectivity index (χ2v) is 7.86. The lowest BCUT2D eigenvalue weighted by Gasteiger charge is -2.15. The van der Waals surface area contributed by atoms with Gasteiger partial charge in [0.15, 0.2) is 11.5 Å². The van der Waals surface area contributed by atoms with Gasteiger partial charge in [-0.3, -0.25) is 4.79 Å². The maximum absolute atomic E-state index is 12.3. The SMILES string of the molecule is C[C@@H](NS(=O)(=O)c1cccc(Cl)c1)C(=O)NCc1ccc2c(c1)OCO2. The molecule has 2 aromatic carbocycles. The van der Waals surface area contributed by atoms with Crippen molar-refractivity contribution in [1.29, 1.82) is 0 Å². The number of nitrogens with one attached hydrogen (secondary N) is 2. The van der Waals surface area contributed by atoms with E-state index < -0.39 is 22.0 Å². The van der Waals surface area contributed by atoms with E-state index in [1.54, 1.807) is 24.3 Å². The highest BCUT2D eigenvalue weighted by molar-refractivity contribution is 7.89. The molecule has 7 nitrogen and oxygen atoms in total. The molecule has 0 saturated carbocycles. The summed E-state index contributed by atoms with van der Waals surface area (Å²) in [6.07, 6.45) is 0. The molecule has 0 saturated heterocycles. The molecule has 2 aromatic rings. The molecule has 1 heterocycles. The van der Waals surface area contributed by atoms with Crippen LogP contribution in [-0.2, 0) is 21.4 Å². The highest BCUT2D eigenvalue weighted by atomic mass is 35.5. The molecule has 1 amide bonds. The molecule has 1 aliphatic heterocycles. The number of hydrogen-bond donors (Lipinski definition) is 2. The van der Waals surface area contributed by atoms with E-state index in [0.717, 1.165) is 5.56 Å². The molecule has 0 radical (unpaired) electrons. The maximum atomic E-state index is 12.3. The minimum absolute atomic E-state index is 0.000390. The molecule has 1 atom stereocenters. The van der Waals surface area contributed by atoms with Crippen molar-refractivity contribution in [2.24, 2.45) is 0 Å². The van der Waals surface area contributed by atoms with Gasteiger partial charge in [0.2, 0.25) is 22.7 Å². The van der Waals surface area contributed by atoms with Gasteiger partial charge in [0.1, 0.15) is 0 Å². The first-order valence-corrected chi connectivity index (χ1v) is 9.65. The summed E-state index contributed by atoms with van der Waals surface area (Å²) in [6.45, 7) is 1.88. The van der Waals surface area contributed by atoms with Gasteiger partial charge in [0, 0.05) is 11.6 Å². The van der Waals surface area contributed by atoms with Crippen LogP contribution in [0.25, 0.3) is 0 Å². The fourth-order valence-electron chi connectivity index (χ4n) is 2.38. The number of ether oxygens (including phenoxy) is 2. The quantitative estimate of drug-likeness (QED) is 0.779. The van der Waals surface area contributed by atoms with Crippen LogP contribution in [0.1, 0.15) is 12.5 Å². The molecule has 1 aliphatic rings. The minimum atomic E-state index is -3.85. The summed E-state index contributed by atoms with van der Waals surface area (Å²) in [5, 5.41) is 2.99. The molecule has 0 unspecified atom stereocenters. The molecule has 0 aliphatic carbocycles. The van der Waals surface area contributed by atoms with Crippen LogP contribution in [0.4, 0.5) is 0 Å². The molecular weight excluding hydrogens is 380 g/mol. The minimum Gasteiger partial charge on any atom is -0.454 e. The first-order valence-electron chi connectivity index (χ1n) is 7.79. The fourth-order valence-corrected chi connectivity index (χ4v) is 3.89. The van der Waals surface area contributed by atoms with Gasteiger partial charge in [-0.05, 0) is 42.8 Å². The number of hydrogen-bond acceptors (Lipinski definition) is 5. The lowest BCUT2D eigenvalue weighted by atomic mass is 10.2. The third-order valence-electron chi connectivity index (χ3n) is 3.74. The molecule has 0 fully saturated rings. The van der Waals surface area contributed by atoms with Crippen LogP contribution in [0.2, 0.25) is 5.02 Å². The van der Waals surface area contributed by atoms with Gasteiger partial charge in [-0.25, -0.2) is 8.42 Å². The summed E-state index contributed by atoms with van der Waals surface area (Å²) in [5.74, 6) is 0.822. The zero-order valence-electron chi connectivity index (χ0n) is 13.9. The maximum Gasteiger partial charge on any atom is 0.241 e. The Morgan fingerprint density at radius 1 is 1.19 bits per heavy atom. The lowest BCUT2D eigenvalue weighted by Crippen LogP contribution is -2.44. The molecule has 0 spiro atoms. The summed E-state index contributed by atoms with van der Waals surface area (Å²) >= 11 is 5.82. The van der Waals surface area contributed by atoms with Gasteiger partial charge in [0.25, 0.3) is 0 Å². The van der Waals surface area contributed by atoms with Gasteiger partial charge in [0.05, 0.1) is 10.9 Å². The highest BCUT2D eigenvalue weighted by Gasteiger charge is 2.22. The van der Waals surface area contributed by atoms with E-state index in [2.05, 4.69) is 10.0 Å². The zero-order chi connectivity index (χ0) is 18.7. The van der Waals surface area contributed by atoms with Crippen molar-refractivity contribution in [3.8, 4) is 11.5 Å². The van der Waals surface area contributed by atoms with Crippen LogP contribution in [0.5, 0.6) is 11.5 Å². The summed E-state index contributed by atoms with van der Waals surface area (Å²) < 4.78 is 37.5. The van der Waals surface area contributed by atoms with E-state index in [1.807, 2.05) is 0 Å². The second kappa shape index (κ2) is 7.53. The topological polar surface area (TPSA) is 93.7 Å². The van der Waals surface area contributed by atoms with Crippen LogP contribution < -0.4 is 19.5 Å². The average Bonchev–Trinajstić information content (AvgIpc) is 3.07. The van der Waals surface area contributed by atoms with E-state index in [0.29, 0.717) is 16.5 Å². The molecule has 138 valence electrons. The number of carbonyl (C=O) groups excluding carboxylic acids is 1. The van der Waals surface area contributed by atoms with E-state index in [4.69, 9.17) is 21.1 Å². The van der Waals surface area contributed by atoms with Crippen molar-refractivity contribution in [1.82, 2.24) is 10.0 Å². The Labute approximate surface area is 156 Å². The monoisotopic (exact) mass is 396 g/mol. The highest BCUT2D eigenvalue weighted by Crippen LogP contribution is 2.32.